The van der Waals surface area contributed by atoms with Gasteiger partial charge in [-0.25, -0.2) is 14.4 Å². The zero-order chi connectivity index (χ0) is 19.3. The molecule has 1 aromatic heterocycles. The minimum Gasteiger partial charge on any atom is -0.459 e. The molecule has 0 aliphatic rings. The van der Waals surface area contributed by atoms with E-state index in [1.54, 1.807) is 11.8 Å². The second-order valence-corrected chi connectivity index (χ2v) is 6.91. The molecule has 7 nitrogen and oxygen atoms in total. The molecule has 140 valence electrons. The summed E-state index contributed by atoms with van der Waals surface area (Å²) in [6.07, 6.45) is 2.30. The molecular formula is C18H22N2O5S. The number of urea groups is 1. The lowest BCUT2D eigenvalue weighted by Gasteiger charge is -2.16. The van der Waals surface area contributed by atoms with Crippen molar-refractivity contribution in [1.29, 1.82) is 0 Å². The van der Waals surface area contributed by atoms with Crippen LogP contribution >= 0.6 is 11.8 Å². The quantitative estimate of drug-likeness (QED) is 0.564. The van der Waals surface area contributed by atoms with Crippen molar-refractivity contribution in [3.05, 3.63) is 45.3 Å². The van der Waals surface area contributed by atoms with Gasteiger partial charge in [0, 0.05) is 17.0 Å². The second-order valence-electron chi connectivity index (χ2n) is 5.93. The number of rotatable bonds is 7. The lowest BCUT2D eigenvalue weighted by atomic mass is 10.0. The van der Waals surface area contributed by atoms with E-state index in [9.17, 15) is 14.4 Å². The number of ether oxygens (including phenoxy) is 1. The van der Waals surface area contributed by atoms with Crippen LogP contribution in [0.15, 0.2) is 27.4 Å². The van der Waals surface area contributed by atoms with E-state index in [4.69, 9.17) is 14.9 Å². The van der Waals surface area contributed by atoms with E-state index >= 15 is 0 Å². The number of hydrogen-bond acceptors (Lipinski definition) is 6. The molecule has 26 heavy (non-hydrogen) atoms. The Morgan fingerprint density at radius 1 is 1.35 bits per heavy atom. The number of benzene rings is 1. The number of nitrogens with two attached hydrogens (primary N) is 1. The van der Waals surface area contributed by atoms with Crippen LogP contribution in [0.3, 0.4) is 0 Å². The summed E-state index contributed by atoms with van der Waals surface area (Å²) in [5.41, 5.74) is 7.50. The summed E-state index contributed by atoms with van der Waals surface area (Å²) in [4.78, 5) is 35.2. The number of fused-ring (bicyclic) bond motifs is 1. The Morgan fingerprint density at radius 2 is 2.08 bits per heavy atom. The summed E-state index contributed by atoms with van der Waals surface area (Å²) >= 11 is 1.54. The molecule has 2 rings (SSSR count). The van der Waals surface area contributed by atoms with Crippen LogP contribution in [0.5, 0.6) is 0 Å². The molecule has 0 radical (unpaired) electrons. The SMILES string of the molecule is CSCC[C@H](NC(N)=O)C(=O)OCc1cc(=O)oc2c(C)c(C)ccc12. The number of hydrogen-bond donors (Lipinski definition) is 2. The molecule has 0 unspecified atom stereocenters. The average molecular weight is 378 g/mol. The highest BCUT2D eigenvalue weighted by Gasteiger charge is 2.21. The largest absolute Gasteiger partial charge is 0.459 e. The van der Waals surface area contributed by atoms with Crippen LogP contribution in [-0.2, 0) is 16.1 Å². The standard InChI is InChI=1S/C18H22N2O5S/c1-10-4-5-13-12(8-15(21)25-16(13)11(10)2)9-24-17(22)14(6-7-26-3)20-18(19)23/h4-5,8,14H,6-7,9H2,1-3H3,(H3,19,20,23)/t14-/m0/s1. The molecule has 0 fully saturated rings. The van der Waals surface area contributed by atoms with Gasteiger partial charge in [0.25, 0.3) is 0 Å². The lowest BCUT2D eigenvalue weighted by Crippen LogP contribution is -2.44. The number of aryl methyl sites for hydroxylation is 2. The third kappa shape index (κ3) is 4.78. The number of amides is 2. The Kier molecular flexibility index (Phi) is 6.68. The maximum atomic E-state index is 12.3. The van der Waals surface area contributed by atoms with Crippen LogP contribution in [0.2, 0.25) is 0 Å². The predicted molar refractivity (Wildman–Crippen MR) is 101 cm³/mol. The minimum absolute atomic E-state index is 0.0976. The highest BCUT2D eigenvalue weighted by atomic mass is 32.2. The van der Waals surface area contributed by atoms with Crippen LogP contribution in [0.4, 0.5) is 4.79 Å². The van der Waals surface area contributed by atoms with Gasteiger partial charge < -0.3 is 20.2 Å². The third-order valence-electron chi connectivity index (χ3n) is 4.10. The van der Waals surface area contributed by atoms with E-state index in [1.807, 2.05) is 32.2 Å². The van der Waals surface area contributed by atoms with Crippen molar-refractivity contribution in [2.75, 3.05) is 12.0 Å². The molecule has 8 heteroatoms. The van der Waals surface area contributed by atoms with Gasteiger partial charge in [0.05, 0.1) is 0 Å². The first-order chi connectivity index (χ1) is 12.3. The lowest BCUT2D eigenvalue weighted by molar-refractivity contribution is -0.147. The molecule has 1 aromatic carbocycles. The number of esters is 1. The van der Waals surface area contributed by atoms with E-state index < -0.39 is 23.7 Å². The van der Waals surface area contributed by atoms with Crippen molar-refractivity contribution in [2.45, 2.75) is 32.9 Å². The smallest absolute Gasteiger partial charge is 0.336 e. The number of nitrogens with one attached hydrogen (secondary N) is 1. The first-order valence-corrected chi connectivity index (χ1v) is 9.47. The van der Waals surface area contributed by atoms with Crippen molar-refractivity contribution in [1.82, 2.24) is 5.32 Å². The van der Waals surface area contributed by atoms with Gasteiger partial charge in [0.2, 0.25) is 0 Å². The van der Waals surface area contributed by atoms with Crippen molar-refractivity contribution >= 4 is 34.7 Å². The van der Waals surface area contributed by atoms with Gasteiger partial charge in [-0.05, 0) is 43.4 Å². The number of thioether (sulfide) groups is 1. The Morgan fingerprint density at radius 3 is 2.73 bits per heavy atom. The Hall–Kier alpha value is -2.48. The number of primary amides is 1. The molecule has 0 saturated heterocycles. The Balaban J connectivity index is 2.22. The fourth-order valence-electron chi connectivity index (χ4n) is 2.55. The minimum atomic E-state index is -0.824. The van der Waals surface area contributed by atoms with Crippen LogP contribution in [0, 0.1) is 13.8 Å². The normalized spacial score (nSPS) is 12.0. The second kappa shape index (κ2) is 8.75. The summed E-state index contributed by atoms with van der Waals surface area (Å²) in [5.74, 6) is 0.0687. The van der Waals surface area contributed by atoms with Crippen molar-refractivity contribution in [2.24, 2.45) is 5.73 Å². The van der Waals surface area contributed by atoms with Crippen LogP contribution in [0.25, 0.3) is 11.0 Å². The monoisotopic (exact) mass is 378 g/mol. The zero-order valence-corrected chi connectivity index (χ0v) is 15.8. The topological polar surface area (TPSA) is 112 Å². The summed E-state index contributed by atoms with van der Waals surface area (Å²) in [6.45, 7) is 3.69. The molecule has 1 atom stereocenters. The molecule has 0 bridgehead atoms. The molecule has 0 saturated carbocycles. The molecular weight excluding hydrogens is 356 g/mol. The van der Waals surface area contributed by atoms with E-state index in [1.165, 1.54) is 6.07 Å². The first-order valence-electron chi connectivity index (χ1n) is 8.08. The van der Waals surface area contributed by atoms with E-state index in [-0.39, 0.29) is 6.61 Å². The average Bonchev–Trinajstić information content (AvgIpc) is 2.59. The summed E-state index contributed by atoms with van der Waals surface area (Å²) < 4.78 is 10.6. The maximum absolute atomic E-state index is 12.3. The van der Waals surface area contributed by atoms with Gasteiger partial charge in [0.15, 0.2) is 0 Å². The van der Waals surface area contributed by atoms with Gasteiger partial charge >= 0.3 is 17.6 Å². The molecule has 0 spiro atoms. The molecule has 2 amide bonds. The highest BCUT2D eigenvalue weighted by molar-refractivity contribution is 7.98. The molecule has 3 N–H and O–H groups in total. The van der Waals surface area contributed by atoms with Gasteiger partial charge in [-0.3, -0.25) is 0 Å². The van der Waals surface area contributed by atoms with Gasteiger partial charge in [0.1, 0.15) is 18.2 Å². The molecule has 0 aliphatic carbocycles. The zero-order valence-electron chi connectivity index (χ0n) is 15.0. The number of carbonyl (C=O) groups excluding carboxylic acids is 2. The van der Waals surface area contributed by atoms with Crippen molar-refractivity contribution in [3.63, 3.8) is 0 Å². The Labute approximate surface area is 155 Å². The van der Waals surface area contributed by atoms with Gasteiger partial charge in [-0.1, -0.05) is 12.1 Å². The van der Waals surface area contributed by atoms with Gasteiger partial charge in [-0.15, -0.1) is 0 Å². The van der Waals surface area contributed by atoms with E-state index in [0.717, 1.165) is 11.1 Å². The molecule has 0 aliphatic heterocycles. The third-order valence-corrected chi connectivity index (χ3v) is 4.74. The predicted octanol–water partition coefficient (Wildman–Crippen LogP) is 2.24. The fourth-order valence-corrected chi connectivity index (χ4v) is 3.02. The van der Waals surface area contributed by atoms with E-state index in [0.29, 0.717) is 28.7 Å². The van der Waals surface area contributed by atoms with Crippen LogP contribution in [0.1, 0.15) is 23.1 Å². The first kappa shape index (κ1) is 19.8. The maximum Gasteiger partial charge on any atom is 0.336 e. The summed E-state index contributed by atoms with van der Waals surface area (Å²) in [7, 11) is 0. The summed E-state index contributed by atoms with van der Waals surface area (Å²) in [6, 6.07) is 3.44. The molecule has 2 aromatic rings. The summed E-state index contributed by atoms with van der Waals surface area (Å²) in [5, 5.41) is 3.10. The van der Waals surface area contributed by atoms with Crippen LogP contribution in [-0.4, -0.2) is 30.1 Å². The van der Waals surface area contributed by atoms with Crippen molar-refractivity contribution in [3.8, 4) is 0 Å². The Bertz CT molecular complexity index is 878. The van der Waals surface area contributed by atoms with Gasteiger partial charge in [-0.2, -0.15) is 11.8 Å². The van der Waals surface area contributed by atoms with Crippen molar-refractivity contribution < 1.29 is 18.7 Å². The number of carbonyl (C=O) groups is 2. The van der Waals surface area contributed by atoms with Crippen LogP contribution < -0.4 is 16.7 Å². The van der Waals surface area contributed by atoms with E-state index in [2.05, 4.69) is 5.32 Å². The fraction of sp³-hybridized carbons (Fsp3) is 0.389. The molecule has 1 heterocycles. The highest BCUT2D eigenvalue weighted by Crippen LogP contribution is 2.23.